The summed E-state index contributed by atoms with van der Waals surface area (Å²) >= 11 is 0. The molecule has 0 bridgehead atoms. The van der Waals surface area contributed by atoms with Gasteiger partial charge in [0.25, 0.3) is 0 Å². The fourth-order valence-corrected chi connectivity index (χ4v) is 2.12. The van der Waals surface area contributed by atoms with E-state index in [1.54, 1.807) is 0 Å². The number of aliphatic hydroxyl groups is 1. The van der Waals surface area contributed by atoms with Crippen LogP contribution in [0, 0.1) is 0 Å². The van der Waals surface area contributed by atoms with Gasteiger partial charge < -0.3 is 20.2 Å². The van der Waals surface area contributed by atoms with Gasteiger partial charge in [-0.1, -0.05) is 6.92 Å². The zero-order chi connectivity index (χ0) is 11.8. The van der Waals surface area contributed by atoms with E-state index >= 15 is 0 Å². The molecule has 1 rings (SSSR count). The Balaban J connectivity index is 2.11. The molecule has 0 aromatic rings. The quantitative estimate of drug-likeness (QED) is 0.644. The zero-order valence-electron chi connectivity index (χ0n) is 10.8. The lowest BCUT2D eigenvalue weighted by molar-refractivity contribution is 0.0771. The third-order valence-corrected chi connectivity index (χ3v) is 3.41. The average molecular weight is 229 g/mol. The van der Waals surface area contributed by atoms with Crippen LogP contribution in [-0.4, -0.2) is 73.9 Å². The van der Waals surface area contributed by atoms with Crippen molar-refractivity contribution in [1.29, 1.82) is 0 Å². The molecule has 0 aliphatic carbocycles. The Morgan fingerprint density at radius 3 is 2.56 bits per heavy atom. The third kappa shape index (κ3) is 5.25. The first kappa shape index (κ1) is 13.9. The Morgan fingerprint density at radius 2 is 2.00 bits per heavy atom. The van der Waals surface area contributed by atoms with Crippen LogP contribution >= 0.6 is 0 Å². The monoisotopic (exact) mass is 229 g/mol. The van der Waals surface area contributed by atoms with Crippen LogP contribution in [0.5, 0.6) is 0 Å². The number of likely N-dealkylation sites (tertiary alicyclic amines) is 1. The minimum atomic E-state index is -0.0529. The van der Waals surface area contributed by atoms with Gasteiger partial charge in [0, 0.05) is 39.3 Å². The minimum Gasteiger partial charge on any atom is -0.393 e. The average Bonchev–Trinajstić information content (AvgIpc) is 2.32. The molecular weight excluding hydrogens is 202 g/mol. The SMILES string of the molecule is CCN(CCNC)CCN1CCC(O)CC1. The van der Waals surface area contributed by atoms with Crippen molar-refractivity contribution >= 4 is 0 Å². The normalized spacial score (nSPS) is 19.5. The lowest BCUT2D eigenvalue weighted by Gasteiger charge is -2.31. The van der Waals surface area contributed by atoms with Gasteiger partial charge in [-0.2, -0.15) is 0 Å². The molecule has 0 amide bonds. The molecule has 0 unspecified atom stereocenters. The molecule has 0 radical (unpaired) electrons. The van der Waals surface area contributed by atoms with Crippen molar-refractivity contribution in [3.63, 3.8) is 0 Å². The highest BCUT2D eigenvalue weighted by Crippen LogP contribution is 2.09. The Labute approximate surface area is 99.6 Å². The van der Waals surface area contributed by atoms with Gasteiger partial charge in [-0.25, -0.2) is 0 Å². The van der Waals surface area contributed by atoms with Gasteiger partial charge in [-0.05, 0) is 26.4 Å². The van der Waals surface area contributed by atoms with E-state index in [0.717, 1.165) is 58.7 Å². The van der Waals surface area contributed by atoms with E-state index in [-0.39, 0.29) is 6.10 Å². The first-order chi connectivity index (χ1) is 7.76. The number of likely N-dealkylation sites (N-methyl/N-ethyl adjacent to an activating group) is 2. The first-order valence-electron chi connectivity index (χ1n) is 6.53. The van der Waals surface area contributed by atoms with E-state index in [4.69, 9.17) is 0 Å². The summed E-state index contributed by atoms with van der Waals surface area (Å²) in [5.41, 5.74) is 0. The molecular formula is C12H27N3O. The number of nitrogens with one attached hydrogen (secondary N) is 1. The van der Waals surface area contributed by atoms with Crippen molar-refractivity contribution in [3.05, 3.63) is 0 Å². The molecule has 16 heavy (non-hydrogen) atoms. The van der Waals surface area contributed by atoms with Gasteiger partial charge in [-0.15, -0.1) is 0 Å². The molecule has 4 heteroatoms. The van der Waals surface area contributed by atoms with E-state index in [1.807, 2.05) is 7.05 Å². The van der Waals surface area contributed by atoms with Crippen LogP contribution in [0.15, 0.2) is 0 Å². The van der Waals surface area contributed by atoms with Crippen LogP contribution in [0.25, 0.3) is 0 Å². The van der Waals surface area contributed by atoms with Crippen molar-refractivity contribution in [1.82, 2.24) is 15.1 Å². The van der Waals surface area contributed by atoms with Gasteiger partial charge in [0.15, 0.2) is 0 Å². The molecule has 0 spiro atoms. The van der Waals surface area contributed by atoms with Gasteiger partial charge in [-0.3, -0.25) is 0 Å². The van der Waals surface area contributed by atoms with E-state index in [9.17, 15) is 5.11 Å². The Kier molecular flexibility index (Phi) is 6.96. The number of hydrogen-bond acceptors (Lipinski definition) is 4. The second kappa shape index (κ2) is 8.01. The lowest BCUT2D eigenvalue weighted by Crippen LogP contribution is -2.42. The summed E-state index contributed by atoms with van der Waals surface area (Å²) in [5, 5.41) is 12.6. The standard InChI is InChI=1S/C12H27N3O/c1-3-14(9-6-13-2)10-11-15-7-4-12(16)5-8-15/h12-13,16H,3-11H2,1-2H3. The highest BCUT2D eigenvalue weighted by molar-refractivity contribution is 4.72. The predicted octanol–water partition coefficient (Wildman–Crippen LogP) is -0.0156. The lowest BCUT2D eigenvalue weighted by atomic mass is 10.1. The molecule has 0 saturated carbocycles. The maximum Gasteiger partial charge on any atom is 0.0564 e. The number of aliphatic hydroxyl groups excluding tert-OH is 1. The molecule has 0 atom stereocenters. The van der Waals surface area contributed by atoms with Crippen LogP contribution < -0.4 is 5.32 Å². The summed E-state index contributed by atoms with van der Waals surface area (Å²) in [6, 6.07) is 0. The molecule has 1 aliphatic rings. The summed E-state index contributed by atoms with van der Waals surface area (Å²) in [6.45, 7) is 9.94. The van der Waals surface area contributed by atoms with E-state index < -0.39 is 0 Å². The predicted molar refractivity (Wildman–Crippen MR) is 67.7 cm³/mol. The minimum absolute atomic E-state index is 0.0529. The summed E-state index contributed by atoms with van der Waals surface area (Å²) in [4.78, 5) is 4.94. The molecule has 1 fully saturated rings. The van der Waals surface area contributed by atoms with Crippen molar-refractivity contribution in [3.8, 4) is 0 Å². The molecule has 0 aromatic carbocycles. The Bertz CT molecular complexity index is 165. The zero-order valence-corrected chi connectivity index (χ0v) is 10.8. The fourth-order valence-electron chi connectivity index (χ4n) is 2.12. The smallest absolute Gasteiger partial charge is 0.0564 e. The van der Waals surface area contributed by atoms with Gasteiger partial charge in [0.2, 0.25) is 0 Å². The van der Waals surface area contributed by atoms with Crippen molar-refractivity contribution in [2.45, 2.75) is 25.9 Å². The molecule has 4 nitrogen and oxygen atoms in total. The fraction of sp³-hybridized carbons (Fsp3) is 1.00. The highest BCUT2D eigenvalue weighted by atomic mass is 16.3. The summed E-state index contributed by atoms with van der Waals surface area (Å²) in [6.07, 6.45) is 1.84. The van der Waals surface area contributed by atoms with Crippen LogP contribution in [0.1, 0.15) is 19.8 Å². The molecule has 2 N–H and O–H groups in total. The molecule has 1 saturated heterocycles. The number of piperidine rings is 1. The second-order valence-corrected chi connectivity index (χ2v) is 4.61. The van der Waals surface area contributed by atoms with Crippen molar-refractivity contribution in [2.24, 2.45) is 0 Å². The molecule has 96 valence electrons. The summed E-state index contributed by atoms with van der Waals surface area (Å²) in [5.74, 6) is 0. The van der Waals surface area contributed by atoms with Crippen LogP contribution in [0.4, 0.5) is 0 Å². The second-order valence-electron chi connectivity index (χ2n) is 4.61. The summed E-state index contributed by atoms with van der Waals surface area (Å²) in [7, 11) is 2.00. The first-order valence-corrected chi connectivity index (χ1v) is 6.53. The van der Waals surface area contributed by atoms with E-state index in [0.29, 0.717) is 0 Å². The largest absolute Gasteiger partial charge is 0.393 e. The van der Waals surface area contributed by atoms with E-state index in [2.05, 4.69) is 22.0 Å². The highest BCUT2D eigenvalue weighted by Gasteiger charge is 2.16. The third-order valence-electron chi connectivity index (χ3n) is 3.41. The number of rotatable bonds is 7. The molecule has 0 aromatic heterocycles. The topological polar surface area (TPSA) is 38.7 Å². The van der Waals surface area contributed by atoms with Crippen LogP contribution in [0.2, 0.25) is 0 Å². The van der Waals surface area contributed by atoms with Crippen LogP contribution in [-0.2, 0) is 0 Å². The molecule has 1 aliphatic heterocycles. The van der Waals surface area contributed by atoms with Crippen molar-refractivity contribution < 1.29 is 5.11 Å². The summed E-state index contributed by atoms with van der Waals surface area (Å²) < 4.78 is 0. The van der Waals surface area contributed by atoms with Gasteiger partial charge >= 0.3 is 0 Å². The van der Waals surface area contributed by atoms with Crippen molar-refractivity contribution in [2.75, 3.05) is 52.9 Å². The van der Waals surface area contributed by atoms with Crippen LogP contribution in [0.3, 0.4) is 0 Å². The molecule has 1 heterocycles. The Hall–Kier alpha value is -0.160. The maximum absolute atomic E-state index is 9.42. The van der Waals surface area contributed by atoms with E-state index in [1.165, 1.54) is 0 Å². The van der Waals surface area contributed by atoms with Gasteiger partial charge in [0.05, 0.1) is 6.10 Å². The Morgan fingerprint density at radius 1 is 1.31 bits per heavy atom. The number of hydrogen-bond donors (Lipinski definition) is 2. The van der Waals surface area contributed by atoms with Gasteiger partial charge in [0.1, 0.15) is 0 Å². The number of nitrogens with zero attached hydrogens (tertiary/aromatic N) is 2. The maximum atomic E-state index is 9.42.